The Morgan fingerprint density at radius 3 is 2.71 bits per heavy atom. The molecule has 1 N–H and O–H groups in total. The third kappa shape index (κ3) is 4.10. The second-order valence-corrected chi connectivity index (χ2v) is 12.3. The van der Waals surface area contributed by atoms with Gasteiger partial charge < -0.3 is 10.2 Å². The Morgan fingerprint density at radius 2 is 2.06 bits per heavy atom. The molecule has 2 aliphatic heterocycles. The maximum absolute atomic E-state index is 13.1. The highest BCUT2D eigenvalue weighted by Crippen LogP contribution is 2.38. The second-order valence-electron chi connectivity index (χ2n) is 7.33. The summed E-state index contributed by atoms with van der Waals surface area (Å²) in [5.74, 6) is -0.495. The van der Waals surface area contributed by atoms with Gasteiger partial charge in [-0.05, 0) is 37.0 Å². The quantitative estimate of drug-likeness (QED) is 0.696. The number of carbonyl (C=O) groups excluding carboxylic acids is 2. The van der Waals surface area contributed by atoms with Crippen molar-refractivity contribution in [2.75, 3.05) is 18.4 Å². The Kier molecular flexibility index (Phi) is 6.11. The van der Waals surface area contributed by atoms with Gasteiger partial charge in [-0.3, -0.25) is 9.59 Å². The van der Waals surface area contributed by atoms with Gasteiger partial charge in [-0.25, -0.2) is 8.42 Å². The van der Waals surface area contributed by atoms with E-state index in [0.29, 0.717) is 47.3 Å². The van der Waals surface area contributed by atoms with E-state index < -0.39 is 22.0 Å². The topological polar surface area (TPSA) is 111 Å². The van der Waals surface area contributed by atoms with Gasteiger partial charge >= 0.3 is 0 Å². The van der Waals surface area contributed by atoms with Gasteiger partial charge in [0.2, 0.25) is 11.8 Å². The predicted molar refractivity (Wildman–Crippen MR) is 119 cm³/mol. The average molecular weight is 499 g/mol. The molecule has 2 amide bonds. The molecule has 8 nitrogen and oxygen atoms in total. The molecule has 2 aromatic heterocycles. The zero-order valence-corrected chi connectivity index (χ0v) is 19.8. The van der Waals surface area contributed by atoms with E-state index in [9.17, 15) is 23.3 Å². The first-order valence-corrected chi connectivity index (χ1v) is 13.1. The van der Waals surface area contributed by atoms with Crippen LogP contribution in [0.15, 0.2) is 16.3 Å². The molecule has 4 heterocycles. The summed E-state index contributed by atoms with van der Waals surface area (Å²) in [7, 11) is -3.84. The minimum Gasteiger partial charge on any atom is -0.337 e. The molecule has 0 bridgehead atoms. The molecule has 1 saturated heterocycles. The number of thiophene rings is 2. The summed E-state index contributed by atoms with van der Waals surface area (Å²) in [6.07, 6.45) is 1.51. The minimum atomic E-state index is -3.84. The van der Waals surface area contributed by atoms with Crippen LogP contribution in [0.25, 0.3) is 0 Å². The number of hydrogen-bond acceptors (Lipinski definition) is 7. The van der Waals surface area contributed by atoms with Crippen LogP contribution in [0.1, 0.15) is 35.8 Å². The maximum Gasteiger partial charge on any atom is 0.253 e. The molecule has 31 heavy (non-hydrogen) atoms. The first kappa shape index (κ1) is 22.2. The van der Waals surface area contributed by atoms with Crippen molar-refractivity contribution in [3.8, 4) is 6.07 Å². The molecule has 12 heteroatoms. The number of carbonyl (C=O) groups is 2. The number of fused-ring (bicyclic) bond motifs is 1. The molecule has 164 valence electrons. The first-order chi connectivity index (χ1) is 14.7. The van der Waals surface area contributed by atoms with E-state index >= 15 is 0 Å². The van der Waals surface area contributed by atoms with Gasteiger partial charge in [-0.15, -0.1) is 22.7 Å². The van der Waals surface area contributed by atoms with Gasteiger partial charge in [-0.1, -0.05) is 11.6 Å². The number of nitrogens with zero attached hydrogens (tertiary/aromatic N) is 3. The standard InChI is InChI=1S/C19H19ClN4O4S3/c1-11(25)23-8-6-12-13(9-21)19(29-15(12)10-23)22-18(26)14-3-2-7-24(14)31(27,28)17-5-4-16(20)30-17/h4-5,14H,2-3,6-8,10H2,1H3,(H,22,26)/t14-/m0/s1. The normalized spacial score (nSPS) is 19.1. The first-order valence-electron chi connectivity index (χ1n) is 9.60. The van der Waals surface area contributed by atoms with Crippen molar-refractivity contribution < 1.29 is 18.0 Å². The van der Waals surface area contributed by atoms with Crippen LogP contribution in [0.5, 0.6) is 0 Å². The summed E-state index contributed by atoms with van der Waals surface area (Å²) < 4.78 is 27.7. The lowest BCUT2D eigenvalue weighted by Crippen LogP contribution is -2.42. The molecule has 1 atom stereocenters. The molecule has 2 aromatic rings. The van der Waals surface area contributed by atoms with Crippen LogP contribution < -0.4 is 5.32 Å². The van der Waals surface area contributed by atoms with Crippen LogP contribution in [0, 0.1) is 11.3 Å². The number of hydrogen-bond donors (Lipinski definition) is 1. The van der Waals surface area contributed by atoms with Gasteiger partial charge in [0.15, 0.2) is 0 Å². The van der Waals surface area contributed by atoms with Crippen molar-refractivity contribution in [2.45, 2.75) is 43.0 Å². The fourth-order valence-electron chi connectivity index (χ4n) is 3.92. The fraction of sp³-hybridized carbons (Fsp3) is 0.421. The van der Waals surface area contributed by atoms with Crippen molar-refractivity contribution in [1.82, 2.24) is 9.21 Å². The highest BCUT2D eigenvalue weighted by molar-refractivity contribution is 7.91. The van der Waals surface area contributed by atoms with Gasteiger partial charge in [0.1, 0.15) is 21.3 Å². The summed E-state index contributed by atoms with van der Waals surface area (Å²) >= 11 is 8.12. The average Bonchev–Trinajstić information content (AvgIpc) is 3.45. The fourth-order valence-corrected chi connectivity index (χ4v) is 8.40. The van der Waals surface area contributed by atoms with Crippen LogP contribution in [0.2, 0.25) is 4.34 Å². The predicted octanol–water partition coefficient (Wildman–Crippen LogP) is 3.03. The Balaban J connectivity index is 1.57. The van der Waals surface area contributed by atoms with Gasteiger partial charge in [0.25, 0.3) is 10.0 Å². The van der Waals surface area contributed by atoms with Crippen molar-refractivity contribution in [3.63, 3.8) is 0 Å². The van der Waals surface area contributed by atoms with Crippen LogP contribution in [-0.2, 0) is 32.6 Å². The largest absolute Gasteiger partial charge is 0.337 e. The number of sulfonamides is 1. The van der Waals surface area contributed by atoms with E-state index in [-0.39, 0.29) is 16.7 Å². The molecule has 0 aromatic carbocycles. The van der Waals surface area contributed by atoms with Gasteiger partial charge in [0, 0.05) is 24.9 Å². The molecule has 0 aliphatic carbocycles. The van der Waals surface area contributed by atoms with Gasteiger partial charge in [-0.2, -0.15) is 9.57 Å². The Bertz CT molecular complexity index is 1200. The van der Waals surface area contributed by atoms with E-state index in [2.05, 4.69) is 11.4 Å². The van der Waals surface area contributed by atoms with Crippen LogP contribution in [0.3, 0.4) is 0 Å². The number of nitrogens with one attached hydrogen (secondary N) is 1. The number of anilines is 1. The van der Waals surface area contributed by atoms with Crippen molar-refractivity contribution in [3.05, 3.63) is 32.5 Å². The molecule has 0 unspecified atom stereocenters. The SMILES string of the molecule is CC(=O)N1CCc2c(sc(NC(=O)[C@@H]3CCCN3S(=O)(=O)c3ccc(Cl)s3)c2C#N)C1. The van der Waals surface area contributed by atoms with Crippen molar-refractivity contribution >= 4 is 61.1 Å². The minimum absolute atomic E-state index is 0.0383. The zero-order valence-electron chi connectivity index (χ0n) is 16.6. The molecule has 0 spiro atoms. The maximum atomic E-state index is 13.1. The van der Waals surface area contributed by atoms with E-state index in [1.807, 2.05) is 0 Å². The Labute approximate surface area is 193 Å². The number of nitriles is 1. The van der Waals surface area contributed by atoms with E-state index in [1.165, 1.54) is 34.7 Å². The van der Waals surface area contributed by atoms with Crippen LogP contribution >= 0.6 is 34.3 Å². The van der Waals surface area contributed by atoms with Gasteiger partial charge in [0.05, 0.1) is 16.4 Å². The second kappa shape index (κ2) is 8.52. The third-order valence-electron chi connectivity index (χ3n) is 5.47. The Hall–Kier alpha value is -1.97. The smallest absolute Gasteiger partial charge is 0.253 e. The summed E-state index contributed by atoms with van der Waals surface area (Å²) in [6.45, 7) is 2.68. The number of rotatable bonds is 4. The van der Waals surface area contributed by atoms with Crippen molar-refractivity contribution in [2.24, 2.45) is 0 Å². The van der Waals surface area contributed by atoms with Crippen molar-refractivity contribution in [1.29, 1.82) is 5.26 Å². The summed E-state index contributed by atoms with van der Waals surface area (Å²) in [5.41, 5.74) is 1.25. The molecule has 2 aliphatic rings. The number of halogens is 1. The molecular formula is C19H19ClN4O4S3. The lowest BCUT2D eigenvalue weighted by molar-refractivity contribution is -0.129. The highest BCUT2D eigenvalue weighted by Gasteiger charge is 2.40. The highest BCUT2D eigenvalue weighted by atomic mass is 35.5. The van der Waals surface area contributed by atoms with E-state index in [4.69, 9.17) is 11.6 Å². The summed E-state index contributed by atoms with van der Waals surface area (Å²) in [4.78, 5) is 27.3. The summed E-state index contributed by atoms with van der Waals surface area (Å²) in [5, 5.41) is 12.9. The van der Waals surface area contributed by atoms with E-state index in [0.717, 1.165) is 21.8 Å². The molecular weight excluding hydrogens is 480 g/mol. The molecule has 4 rings (SSSR count). The molecule has 0 radical (unpaired) electrons. The monoisotopic (exact) mass is 498 g/mol. The van der Waals surface area contributed by atoms with E-state index in [1.54, 1.807) is 4.90 Å². The zero-order chi connectivity index (χ0) is 22.3. The van der Waals surface area contributed by atoms with Crippen LogP contribution in [-0.4, -0.2) is 48.6 Å². The lowest BCUT2D eigenvalue weighted by atomic mass is 10.0. The molecule has 0 saturated carbocycles. The summed E-state index contributed by atoms with van der Waals surface area (Å²) in [6, 6.07) is 4.26. The molecule has 1 fully saturated rings. The van der Waals surface area contributed by atoms with Crippen LogP contribution in [0.4, 0.5) is 5.00 Å². The Morgan fingerprint density at radius 1 is 1.29 bits per heavy atom. The lowest BCUT2D eigenvalue weighted by Gasteiger charge is -2.25. The number of amides is 2. The third-order valence-corrected chi connectivity index (χ3v) is 10.2.